The molecule has 0 aliphatic heterocycles. The molecule has 20 heavy (non-hydrogen) atoms. The summed E-state index contributed by atoms with van der Waals surface area (Å²) in [6, 6.07) is 13.1. The second-order valence-corrected chi connectivity index (χ2v) is 5.37. The van der Waals surface area contributed by atoms with Crippen LogP contribution in [-0.2, 0) is 6.42 Å². The van der Waals surface area contributed by atoms with E-state index in [2.05, 4.69) is 4.98 Å². The second-order valence-electron chi connectivity index (χ2n) is 4.56. The minimum absolute atomic E-state index is 0.501. The first-order valence-electron chi connectivity index (χ1n) is 6.18. The normalized spacial score (nSPS) is 10.9. The summed E-state index contributed by atoms with van der Waals surface area (Å²) in [5.41, 5.74) is 3.26. The van der Waals surface area contributed by atoms with Gasteiger partial charge in [-0.3, -0.25) is 4.79 Å². The third-order valence-electron chi connectivity index (χ3n) is 3.36. The van der Waals surface area contributed by atoms with Crippen LogP contribution in [0.1, 0.15) is 21.6 Å². The van der Waals surface area contributed by atoms with Gasteiger partial charge >= 0.3 is 0 Å². The first-order valence-corrected chi connectivity index (χ1v) is 6.94. The van der Waals surface area contributed by atoms with Crippen LogP contribution in [0.5, 0.6) is 0 Å². The van der Waals surface area contributed by atoms with Crippen molar-refractivity contribution < 1.29 is 4.79 Å². The number of hydrogen-bond acceptors (Lipinski definition) is 1. The zero-order valence-corrected chi connectivity index (χ0v) is 12.0. The standard InChI is InChI=1S/C16H11Cl2NO/c17-13-5-3-6-14(18)11(13)8-16-12(9-20)10-4-1-2-7-15(10)19-16/h1-7,9,19H,8H2. The van der Waals surface area contributed by atoms with Crippen molar-refractivity contribution in [3.63, 3.8) is 0 Å². The number of fused-ring (bicyclic) bond motifs is 1. The maximum atomic E-state index is 11.4. The molecule has 0 bridgehead atoms. The highest BCUT2D eigenvalue weighted by Gasteiger charge is 2.14. The lowest BCUT2D eigenvalue weighted by molar-refractivity contribution is 0.112. The molecular weight excluding hydrogens is 293 g/mol. The van der Waals surface area contributed by atoms with Crippen LogP contribution < -0.4 is 0 Å². The topological polar surface area (TPSA) is 32.9 Å². The number of halogens is 2. The maximum absolute atomic E-state index is 11.4. The van der Waals surface area contributed by atoms with Crippen molar-refractivity contribution in [1.29, 1.82) is 0 Å². The lowest BCUT2D eigenvalue weighted by Gasteiger charge is -2.06. The zero-order chi connectivity index (χ0) is 14.1. The molecule has 0 radical (unpaired) electrons. The molecule has 100 valence electrons. The van der Waals surface area contributed by atoms with Gasteiger partial charge in [0.05, 0.1) is 0 Å². The molecule has 0 aliphatic carbocycles. The van der Waals surface area contributed by atoms with Gasteiger partial charge in [0.25, 0.3) is 0 Å². The van der Waals surface area contributed by atoms with Crippen LogP contribution in [0.15, 0.2) is 42.5 Å². The first kappa shape index (κ1) is 13.2. The number of aldehydes is 1. The molecule has 0 saturated heterocycles. The largest absolute Gasteiger partial charge is 0.358 e. The zero-order valence-electron chi connectivity index (χ0n) is 10.5. The van der Waals surface area contributed by atoms with Gasteiger partial charge in [0.2, 0.25) is 0 Å². The highest BCUT2D eigenvalue weighted by molar-refractivity contribution is 6.36. The van der Waals surface area contributed by atoms with E-state index in [0.29, 0.717) is 22.0 Å². The molecule has 1 heterocycles. The number of rotatable bonds is 3. The number of H-pyrrole nitrogens is 1. The molecule has 1 aromatic heterocycles. The second kappa shape index (κ2) is 5.31. The third-order valence-corrected chi connectivity index (χ3v) is 4.07. The van der Waals surface area contributed by atoms with Crippen molar-refractivity contribution in [2.45, 2.75) is 6.42 Å². The highest BCUT2D eigenvalue weighted by atomic mass is 35.5. The Morgan fingerprint density at radius 1 is 1.00 bits per heavy atom. The number of nitrogens with one attached hydrogen (secondary N) is 1. The van der Waals surface area contributed by atoms with Crippen molar-refractivity contribution in [2.24, 2.45) is 0 Å². The molecule has 0 atom stereocenters. The van der Waals surface area contributed by atoms with Gasteiger partial charge in [0.15, 0.2) is 6.29 Å². The number of carbonyl (C=O) groups excluding carboxylic acids is 1. The van der Waals surface area contributed by atoms with Gasteiger partial charge in [-0.1, -0.05) is 47.5 Å². The molecule has 2 nitrogen and oxygen atoms in total. The molecule has 4 heteroatoms. The van der Waals surface area contributed by atoms with Crippen molar-refractivity contribution >= 4 is 40.4 Å². The molecule has 1 N–H and O–H groups in total. The lowest BCUT2D eigenvalue weighted by Crippen LogP contribution is -1.95. The molecular formula is C16H11Cl2NO. The van der Waals surface area contributed by atoms with Gasteiger partial charge in [0.1, 0.15) is 0 Å². The number of aromatic nitrogens is 1. The summed E-state index contributed by atoms with van der Waals surface area (Å²) in [4.78, 5) is 14.6. The Morgan fingerprint density at radius 3 is 2.40 bits per heavy atom. The maximum Gasteiger partial charge on any atom is 0.152 e. The van der Waals surface area contributed by atoms with Crippen molar-refractivity contribution in [1.82, 2.24) is 4.98 Å². The summed E-state index contributed by atoms with van der Waals surface area (Å²) >= 11 is 12.4. The highest BCUT2D eigenvalue weighted by Crippen LogP contribution is 2.29. The minimum atomic E-state index is 0.501. The quantitative estimate of drug-likeness (QED) is 0.687. The van der Waals surface area contributed by atoms with Crippen molar-refractivity contribution in [3.05, 3.63) is 69.3 Å². The van der Waals surface area contributed by atoms with Crippen LogP contribution in [0.25, 0.3) is 10.9 Å². The van der Waals surface area contributed by atoms with E-state index in [1.54, 1.807) is 18.2 Å². The van der Waals surface area contributed by atoms with Crippen LogP contribution in [0.2, 0.25) is 10.0 Å². The Hall–Kier alpha value is -1.77. The Labute approximate surface area is 126 Å². The van der Waals surface area contributed by atoms with Crippen LogP contribution in [0.3, 0.4) is 0 Å². The fourth-order valence-corrected chi connectivity index (χ4v) is 2.90. The fourth-order valence-electron chi connectivity index (χ4n) is 2.37. The average Bonchev–Trinajstić information content (AvgIpc) is 2.80. The van der Waals surface area contributed by atoms with Gasteiger partial charge in [-0.15, -0.1) is 0 Å². The van der Waals surface area contributed by atoms with Crippen LogP contribution in [0, 0.1) is 0 Å². The van der Waals surface area contributed by atoms with E-state index in [-0.39, 0.29) is 0 Å². The van der Waals surface area contributed by atoms with E-state index < -0.39 is 0 Å². The van der Waals surface area contributed by atoms with Crippen LogP contribution in [-0.4, -0.2) is 11.3 Å². The molecule has 0 amide bonds. The summed E-state index contributed by atoms with van der Waals surface area (Å²) in [7, 11) is 0. The Bertz CT molecular complexity index is 772. The monoisotopic (exact) mass is 303 g/mol. The smallest absolute Gasteiger partial charge is 0.152 e. The summed E-state index contributed by atoms with van der Waals surface area (Å²) in [6.45, 7) is 0. The van der Waals surface area contributed by atoms with E-state index in [4.69, 9.17) is 23.2 Å². The molecule has 0 saturated carbocycles. The van der Waals surface area contributed by atoms with E-state index in [1.807, 2.05) is 24.3 Å². The van der Waals surface area contributed by atoms with Crippen LogP contribution >= 0.6 is 23.2 Å². The number of para-hydroxylation sites is 1. The van der Waals surface area contributed by atoms with Gasteiger partial charge in [-0.25, -0.2) is 0 Å². The van der Waals surface area contributed by atoms with Crippen LogP contribution in [0.4, 0.5) is 0 Å². The van der Waals surface area contributed by atoms with Gasteiger partial charge < -0.3 is 4.98 Å². The SMILES string of the molecule is O=Cc1c(Cc2c(Cl)cccc2Cl)[nH]c2ccccc12. The third kappa shape index (κ3) is 2.21. The number of benzene rings is 2. The van der Waals surface area contributed by atoms with E-state index in [1.165, 1.54) is 0 Å². The first-order chi connectivity index (χ1) is 9.70. The summed E-state index contributed by atoms with van der Waals surface area (Å²) in [6.07, 6.45) is 1.38. The molecule has 0 unspecified atom stereocenters. The summed E-state index contributed by atoms with van der Waals surface area (Å²) in [5.74, 6) is 0. The van der Waals surface area contributed by atoms with Gasteiger partial charge in [0, 0.05) is 38.6 Å². The molecule has 3 aromatic rings. The predicted octanol–water partition coefficient (Wildman–Crippen LogP) is 4.88. The number of carbonyl (C=O) groups is 1. The molecule has 0 spiro atoms. The summed E-state index contributed by atoms with van der Waals surface area (Å²) in [5, 5.41) is 2.13. The van der Waals surface area contributed by atoms with E-state index in [0.717, 1.165) is 28.4 Å². The fraction of sp³-hybridized carbons (Fsp3) is 0.0625. The number of hydrogen-bond donors (Lipinski definition) is 1. The average molecular weight is 304 g/mol. The lowest BCUT2D eigenvalue weighted by atomic mass is 10.1. The molecule has 2 aromatic carbocycles. The molecule has 0 fully saturated rings. The van der Waals surface area contributed by atoms with E-state index >= 15 is 0 Å². The predicted molar refractivity (Wildman–Crippen MR) is 83.0 cm³/mol. The van der Waals surface area contributed by atoms with Crippen molar-refractivity contribution in [2.75, 3.05) is 0 Å². The minimum Gasteiger partial charge on any atom is -0.358 e. The Kier molecular flexibility index (Phi) is 3.51. The Balaban J connectivity index is 2.13. The van der Waals surface area contributed by atoms with Gasteiger partial charge in [-0.05, 0) is 23.8 Å². The Morgan fingerprint density at radius 2 is 1.70 bits per heavy atom. The van der Waals surface area contributed by atoms with Gasteiger partial charge in [-0.2, -0.15) is 0 Å². The summed E-state index contributed by atoms with van der Waals surface area (Å²) < 4.78 is 0. The molecule has 0 aliphatic rings. The van der Waals surface area contributed by atoms with E-state index in [9.17, 15) is 4.79 Å². The molecule has 3 rings (SSSR count). The number of aromatic amines is 1. The van der Waals surface area contributed by atoms with Crippen molar-refractivity contribution in [3.8, 4) is 0 Å².